The maximum atomic E-state index is 11.3. The summed E-state index contributed by atoms with van der Waals surface area (Å²) in [6.07, 6.45) is 7.65. The van der Waals surface area contributed by atoms with Crippen molar-refractivity contribution in [3.8, 4) is 5.69 Å². The van der Waals surface area contributed by atoms with Gasteiger partial charge in [0.05, 0.1) is 6.33 Å². The number of amides is 1. The van der Waals surface area contributed by atoms with E-state index in [-0.39, 0.29) is 5.91 Å². The van der Waals surface area contributed by atoms with Crippen molar-refractivity contribution in [3.05, 3.63) is 48.5 Å². The van der Waals surface area contributed by atoms with Crippen LogP contribution in [0.25, 0.3) is 5.69 Å². The minimum absolute atomic E-state index is 0.193. The van der Waals surface area contributed by atoms with Gasteiger partial charge in [-0.2, -0.15) is 0 Å². The fourth-order valence-electron chi connectivity index (χ4n) is 2.86. The van der Waals surface area contributed by atoms with Crippen LogP contribution in [0.3, 0.4) is 0 Å². The molecule has 104 valence electrons. The average Bonchev–Trinajstić information content (AvgIpc) is 3.02. The first-order valence-electron chi connectivity index (χ1n) is 7.08. The molecule has 2 heterocycles. The molecule has 0 unspecified atom stereocenters. The number of hydrogen-bond acceptors (Lipinski definition) is 2. The van der Waals surface area contributed by atoms with Crippen molar-refractivity contribution in [1.29, 1.82) is 0 Å². The zero-order chi connectivity index (χ0) is 13.9. The molecule has 1 aliphatic heterocycles. The summed E-state index contributed by atoms with van der Waals surface area (Å²) in [6.45, 7) is 3.41. The third kappa shape index (κ3) is 2.59. The van der Waals surface area contributed by atoms with Gasteiger partial charge in [0.2, 0.25) is 5.91 Å². The van der Waals surface area contributed by atoms with E-state index < -0.39 is 0 Å². The minimum atomic E-state index is 0.193. The predicted molar refractivity (Wildman–Crippen MR) is 77.8 cm³/mol. The van der Waals surface area contributed by atoms with E-state index in [2.05, 4.69) is 29.2 Å². The molecule has 1 saturated heterocycles. The third-order valence-corrected chi connectivity index (χ3v) is 4.11. The Kier molecular flexibility index (Phi) is 3.54. The molecule has 3 rings (SSSR count). The second kappa shape index (κ2) is 5.49. The van der Waals surface area contributed by atoms with Crippen molar-refractivity contribution in [3.63, 3.8) is 0 Å². The zero-order valence-corrected chi connectivity index (χ0v) is 11.7. The van der Waals surface area contributed by atoms with Gasteiger partial charge in [0.15, 0.2) is 0 Å². The molecule has 1 fully saturated rings. The summed E-state index contributed by atoms with van der Waals surface area (Å²) in [5.41, 5.74) is 2.50. The predicted octanol–water partition coefficient (Wildman–Crippen LogP) is 2.60. The first-order chi connectivity index (χ1) is 9.74. The van der Waals surface area contributed by atoms with Gasteiger partial charge in [0, 0.05) is 38.1 Å². The van der Waals surface area contributed by atoms with Crippen molar-refractivity contribution >= 4 is 5.91 Å². The van der Waals surface area contributed by atoms with Crippen LogP contribution in [-0.2, 0) is 4.79 Å². The summed E-state index contributed by atoms with van der Waals surface area (Å²) in [4.78, 5) is 17.3. The number of hydrogen-bond donors (Lipinski definition) is 0. The summed E-state index contributed by atoms with van der Waals surface area (Å²) < 4.78 is 2.00. The maximum absolute atomic E-state index is 11.3. The average molecular weight is 269 g/mol. The molecule has 0 bridgehead atoms. The Morgan fingerprint density at radius 3 is 2.45 bits per heavy atom. The lowest BCUT2D eigenvalue weighted by Gasteiger charge is -2.31. The highest BCUT2D eigenvalue weighted by atomic mass is 16.2. The van der Waals surface area contributed by atoms with Crippen LogP contribution in [0.2, 0.25) is 0 Å². The summed E-state index contributed by atoms with van der Waals surface area (Å²) in [5.74, 6) is 0.765. The number of aromatic nitrogens is 2. The second-order valence-electron chi connectivity index (χ2n) is 5.34. The Bertz CT molecular complexity index is 566. The molecule has 4 heteroatoms. The fraction of sp³-hybridized carbons (Fsp3) is 0.375. The quantitative estimate of drug-likeness (QED) is 0.840. The van der Waals surface area contributed by atoms with Crippen LogP contribution in [0.1, 0.15) is 31.2 Å². The standard InChI is InChI=1S/C16H19N3O/c1-13(20)18-9-6-15(7-10-18)14-2-4-16(5-3-14)19-11-8-17-12-19/h2-5,8,11-12,15H,6-7,9-10H2,1H3. The molecule has 0 saturated carbocycles. The number of carbonyl (C=O) groups excluding carboxylic acids is 1. The molecule has 20 heavy (non-hydrogen) atoms. The normalized spacial score (nSPS) is 16.4. The zero-order valence-electron chi connectivity index (χ0n) is 11.7. The third-order valence-electron chi connectivity index (χ3n) is 4.11. The van der Waals surface area contributed by atoms with E-state index in [1.54, 1.807) is 19.4 Å². The second-order valence-corrected chi connectivity index (χ2v) is 5.34. The molecule has 0 aliphatic carbocycles. The maximum Gasteiger partial charge on any atom is 0.219 e. The van der Waals surface area contributed by atoms with Gasteiger partial charge in [0.25, 0.3) is 0 Å². The number of likely N-dealkylation sites (tertiary alicyclic amines) is 1. The van der Waals surface area contributed by atoms with Gasteiger partial charge >= 0.3 is 0 Å². The van der Waals surface area contributed by atoms with Crippen LogP contribution >= 0.6 is 0 Å². The van der Waals surface area contributed by atoms with Crippen LogP contribution in [0.15, 0.2) is 43.0 Å². The highest BCUT2D eigenvalue weighted by molar-refractivity contribution is 5.73. The van der Waals surface area contributed by atoms with E-state index in [0.29, 0.717) is 5.92 Å². The fourth-order valence-corrected chi connectivity index (χ4v) is 2.86. The number of carbonyl (C=O) groups is 1. The molecule has 0 radical (unpaired) electrons. The molecule has 0 atom stereocenters. The highest BCUT2D eigenvalue weighted by Gasteiger charge is 2.21. The lowest BCUT2D eigenvalue weighted by atomic mass is 9.89. The Labute approximate surface area is 119 Å². The van der Waals surface area contributed by atoms with Crippen LogP contribution in [-0.4, -0.2) is 33.4 Å². The van der Waals surface area contributed by atoms with Gasteiger partial charge in [-0.3, -0.25) is 4.79 Å². The lowest BCUT2D eigenvalue weighted by molar-refractivity contribution is -0.129. The molecule has 1 aromatic heterocycles. The minimum Gasteiger partial charge on any atom is -0.343 e. The van der Waals surface area contributed by atoms with Crippen LogP contribution in [0, 0.1) is 0 Å². The molecular weight excluding hydrogens is 250 g/mol. The monoisotopic (exact) mass is 269 g/mol. The van der Waals surface area contributed by atoms with E-state index in [9.17, 15) is 4.79 Å². The van der Waals surface area contributed by atoms with Crippen molar-refractivity contribution in [2.24, 2.45) is 0 Å². The summed E-state index contributed by atoms with van der Waals surface area (Å²) >= 11 is 0. The SMILES string of the molecule is CC(=O)N1CCC(c2ccc(-n3ccnc3)cc2)CC1. The summed E-state index contributed by atoms with van der Waals surface area (Å²) in [6, 6.07) is 8.66. The van der Waals surface area contributed by atoms with Gasteiger partial charge in [-0.1, -0.05) is 12.1 Å². The molecule has 1 aromatic carbocycles. The van der Waals surface area contributed by atoms with Crippen LogP contribution in [0.5, 0.6) is 0 Å². The number of nitrogens with zero attached hydrogens (tertiary/aromatic N) is 3. The molecular formula is C16H19N3O. The number of piperidine rings is 1. The molecule has 2 aromatic rings. The van der Waals surface area contributed by atoms with Crippen molar-refractivity contribution in [1.82, 2.24) is 14.5 Å². The lowest BCUT2D eigenvalue weighted by Crippen LogP contribution is -2.36. The van der Waals surface area contributed by atoms with Gasteiger partial charge in [-0.05, 0) is 36.5 Å². The van der Waals surface area contributed by atoms with Crippen molar-refractivity contribution in [2.45, 2.75) is 25.7 Å². The number of rotatable bonds is 2. The Morgan fingerprint density at radius 2 is 1.90 bits per heavy atom. The van der Waals surface area contributed by atoms with E-state index in [0.717, 1.165) is 31.6 Å². The Morgan fingerprint density at radius 1 is 1.20 bits per heavy atom. The van der Waals surface area contributed by atoms with Crippen molar-refractivity contribution in [2.75, 3.05) is 13.1 Å². The van der Waals surface area contributed by atoms with Crippen LogP contribution < -0.4 is 0 Å². The molecule has 1 aliphatic rings. The topological polar surface area (TPSA) is 38.1 Å². The van der Waals surface area contributed by atoms with Gasteiger partial charge in [-0.15, -0.1) is 0 Å². The summed E-state index contributed by atoms with van der Waals surface area (Å²) in [5, 5.41) is 0. The molecule has 1 amide bonds. The first-order valence-corrected chi connectivity index (χ1v) is 7.08. The molecule has 0 spiro atoms. The van der Waals surface area contributed by atoms with E-state index in [1.807, 2.05) is 15.7 Å². The van der Waals surface area contributed by atoms with E-state index in [1.165, 1.54) is 5.56 Å². The Hall–Kier alpha value is -2.10. The Balaban J connectivity index is 1.68. The highest BCUT2D eigenvalue weighted by Crippen LogP contribution is 2.28. The summed E-state index contributed by atoms with van der Waals surface area (Å²) in [7, 11) is 0. The smallest absolute Gasteiger partial charge is 0.219 e. The van der Waals surface area contributed by atoms with Gasteiger partial charge in [0.1, 0.15) is 0 Å². The number of imidazole rings is 1. The number of benzene rings is 1. The molecule has 0 N–H and O–H groups in total. The van der Waals surface area contributed by atoms with E-state index in [4.69, 9.17) is 0 Å². The van der Waals surface area contributed by atoms with Gasteiger partial charge in [-0.25, -0.2) is 4.98 Å². The first kappa shape index (κ1) is 12.9. The van der Waals surface area contributed by atoms with Gasteiger partial charge < -0.3 is 9.47 Å². The largest absolute Gasteiger partial charge is 0.343 e. The van der Waals surface area contributed by atoms with Crippen molar-refractivity contribution < 1.29 is 4.79 Å². The van der Waals surface area contributed by atoms with Crippen LogP contribution in [0.4, 0.5) is 0 Å². The van der Waals surface area contributed by atoms with E-state index >= 15 is 0 Å². The molecule has 4 nitrogen and oxygen atoms in total.